The van der Waals surface area contributed by atoms with Crippen molar-refractivity contribution in [1.29, 1.82) is 0 Å². The summed E-state index contributed by atoms with van der Waals surface area (Å²) in [5, 5.41) is 9.31. The van der Waals surface area contributed by atoms with E-state index in [0.29, 0.717) is 11.8 Å². The minimum absolute atomic E-state index is 0.0894. The van der Waals surface area contributed by atoms with Crippen molar-refractivity contribution in [2.75, 3.05) is 6.61 Å². The lowest BCUT2D eigenvalue weighted by molar-refractivity contribution is -0.144. The number of hydrogen-bond donors (Lipinski definition) is 2. The third-order valence-corrected chi connectivity index (χ3v) is 2.26. The third-order valence-electron chi connectivity index (χ3n) is 2.26. The number of aldehydes is 1. The average molecular weight is 237 g/mol. The fraction of sp³-hybridized carbons (Fsp3) is 0.333. The van der Waals surface area contributed by atoms with Gasteiger partial charge in [0.2, 0.25) is 0 Å². The number of hydrogen-bond acceptors (Lipinski definition) is 5. The second-order valence-corrected chi connectivity index (χ2v) is 3.57. The SMILES string of the molecule is CCOC(=O)[C@@H](N)Cc1ccc(O)c(C=O)c1. The van der Waals surface area contributed by atoms with Crippen molar-refractivity contribution in [3.63, 3.8) is 0 Å². The summed E-state index contributed by atoms with van der Waals surface area (Å²) in [7, 11) is 0. The van der Waals surface area contributed by atoms with Crippen molar-refractivity contribution in [3.8, 4) is 5.75 Å². The van der Waals surface area contributed by atoms with Crippen molar-refractivity contribution in [2.24, 2.45) is 5.73 Å². The maximum Gasteiger partial charge on any atom is 0.323 e. The summed E-state index contributed by atoms with van der Waals surface area (Å²) in [6.07, 6.45) is 0.814. The van der Waals surface area contributed by atoms with Crippen LogP contribution in [0.3, 0.4) is 0 Å². The van der Waals surface area contributed by atoms with Crippen LogP contribution in [-0.2, 0) is 16.0 Å². The summed E-state index contributed by atoms with van der Waals surface area (Å²) in [5.41, 5.74) is 6.52. The summed E-state index contributed by atoms with van der Waals surface area (Å²) in [6, 6.07) is 3.75. The molecule has 5 nitrogen and oxygen atoms in total. The van der Waals surface area contributed by atoms with Crippen LogP contribution in [0.25, 0.3) is 0 Å². The summed E-state index contributed by atoms with van der Waals surface area (Å²) >= 11 is 0. The maximum atomic E-state index is 11.3. The lowest BCUT2D eigenvalue weighted by atomic mass is 10.0. The van der Waals surface area contributed by atoms with E-state index in [1.54, 1.807) is 13.0 Å². The Morgan fingerprint density at radius 1 is 1.59 bits per heavy atom. The quantitative estimate of drug-likeness (QED) is 0.579. The van der Waals surface area contributed by atoms with Crippen LogP contribution >= 0.6 is 0 Å². The number of phenolic OH excluding ortho intramolecular Hbond substituents is 1. The predicted octanol–water partition coefficient (Wildman–Crippen LogP) is 0.638. The topological polar surface area (TPSA) is 89.6 Å². The molecule has 0 radical (unpaired) electrons. The molecule has 1 atom stereocenters. The molecule has 0 aliphatic carbocycles. The fourth-order valence-corrected chi connectivity index (χ4v) is 1.41. The normalized spacial score (nSPS) is 11.9. The zero-order valence-corrected chi connectivity index (χ0v) is 9.55. The lowest BCUT2D eigenvalue weighted by Gasteiger charge is -2.11. The first-order valence-electron chi connectivity index (χ1n) is 5.27. The molecule has 0 fully saturated rings. The number of benzene rings is 1. The Morgan fingerprint density at radius 2 is 2.29 bits per heavy atom. The summed E-state index contributed by atoms with van der Waals surface area (Å²) in [5.74, 6) is -0.568. The van der Waals surface area contributed by atoms with Crippen molar-refractivity contribution in [2.45, 2.75) is 19.4 Å². The monoisotopic (exact) mass is 237 g/mol. The molecule has 0 aliphatic rings. The first kappa shape index (κ1) is 13.2. The van der Waals surface area contributed by atoms with E-state index in [0.717, 1.165) is 0 Å². The molecule has 5 heteroatoms. The van der Waals surface area contributed by atoms with Crippen LogP contribution in [-0.4, -0.2) is 30.0 Å². The first-order valence-corrected chi connectivity index (χ1v) is 5.27. The number of carbonyl (C=O) groups is 2. The highest BCUT2D eigenvalue weighted by Gasteiger charge is 2.15. The molecule has 0 aromatic heterocycles. The van der Waals surface area contributed by atoms with Crippen LogP contribution in [0, 0.1) is 0 Å². The standard InChI is InChI=1S/C12H15NO4/c1-2-17-12(16)10(13)6-8-3-4-11(15)9(5-8)7-14/h3-5,7,10,15H,2,6,13H2,1H3/t10-/m0/s1. The Hall–Kier alpha value is -1.88. The van der Waals surface area contributed by atoms with Crippen LogP contribution in [0.15, 0.2) is 18.2 Å². The van der Waals surface area contributed by atoms with E-state index < -0.39 is 12.0 Å². The molecular formula is C12H15NO4. The van der Waals surface area contributed by atoms with Gasteiger partial charge in [-0.25, -0.2) is 0 Å². The van der Waals surface area contributed by atoms with E-state index in [1.807, 2.05) is 0 Å². The van der Waals surface area contributed by atoms with Crippen molar-refractivity contribution >= 4 is 12.3 Å². The number of nitrogens with two attached hydrogens (primary N) is 1. The lowest BCUT2D eigenvalue weighted by Crippen LogP contribution is -2.34. The Kier molecular flexibility index (Phi) is 4.66. The molecule has 92 valence electrons. The molecule has 0 heterocycles. The predicted molar refractivity (Wildman–Crippen MR) is 61.8 cm³/mol. The van der Waals surface area contributed by atoms with E-state index in [1.165, 1.54) is 12.1 Å². The van der Waals surface area contributed by atoms with Crippen LogP contribution < -0.4 is 5.73 Å². The van der Waals surface area contributed by atoms with E-state index in [-0.39, 0.29) is 24.3 Å². The van der Waals surface area contributed by atoms with Crippen molar-refractivity contribution in [3.05, 3.63) is 29.3 Å². The molecule has 0 aliphatic heterocycles. The molecule has 3 N–H and O–H groups in total. The van der Waals surface area contributed by atoms with Gasteiger partial charge in [-0.05, 0) is 31.0 Å². The molecule has 1 aromatic rings. The molecule has 0 amide bonds. The number of phenols is 1. The summed E-state index contributed by atoms with van der Waals surface area (Å²) in [6.45, 7) is 1.98. The summed E-state index contributed by atoms with van der Waals surface area (Å²) < 4.78 is 4.77. The van der Waals surface area contributed by atoms with Gasteiger partial charge in [0.05, 0.1) is 12.2 Å². The molecule has 1 rings (SSSR count). The van der Waals surface area contributed by atoms with Gasteiger partial charge in [0.15, 0.2) is 6.29 Å². The molecular weight excluding hydrogens is 222 g/mol. The smallest absolute Gasteiger partial charge is 0.323 e. The number of aromatic hydroxyl groups is 1. The van der Waals surface area contributed by atoms with Gasteiger partial charge in [-0.2, -0.15) is 0 Å². The van der Waals surface area contributed by atoms with Crippen molar-refractivity contribution < 1.29 is 19.4 Å². The largest absolute Gasteiger partial charge is 0.507 e. The van der Waals surface area contributed by atoms with E-state index in [4.69, 9.17) is 10.5 Å². The molecule has 0 spiro atoms. The highest BCUT2D eigenvalue weighted by Crippen LogP contribution is 2.17. The van der Waals surface area contributed by atoms with Crippen molar-refractivity contribution in [1.82, 2.24) is 0 Å². The second kappa shape index (κ2) is 6.00. The average Bonchev–Trinajstić information content (AvgIpc) is 2.31. The molecule has 17 heavy (non-hydrogen) atoms. The van der Waals surface area contributed by atoms with Gasteiger partial charge in [0.1, 0.15) is 11.8 Å². The zero-order chi connectivity index (χ0) is 12.8. The van der Waals surface area contributed by atoms with Gasteiger partial charge in [-0.1, -0.05) is 6.07 Å². The Labute approximate surface area is 99.2 Å². The Morgan fingerprint density at radius 3 is 2.88 bits per heavy atom. The fourth-order valence-electron chi connectivity index (χ4n) is 1.41. The van der Waals surface area contributed by atoms with Gasteiger partial charge in [0.25, 0.3) is 0 Å². The molecule has 0 bridgehead atoms. The molecule has 1 aromatic carbocycles. The summed E-state index contributed by atoms with van der Waals surface area (Å²) in [4.78, 5) is 21.9. The third kappa shape index (κ3) is 3.57. The van der Waals surface area contributed by atoms with E-state index in [9.17, 15) is 14.7 Å². The van der Waals surface area contributed by atoms with Crippen LogP contribution in [0.1, 0.15) is 22.8 Å². The van der Waals surface area contributed by atoms with Gasteiger partial charge in [0, 0.05) is 0 Å². The zero-order valence-electron chi connectivity index (χ0n) is 9.55. The van der Waals surface area contributed by atoms with Crippen LogP contribution in [0.2, 0.25) is 0 Å². The van der Waals surface area contributed by atoms with Crippen LogP contribution in [0.5, 0.6) is 5.75 Å². The minimum Gasteiger partial charge on any atom is -0.507 e. The number of rotatable bonds is 5. The van der Waals surface area contributed by atoms with Gasteiger partial charge < -0.3 is 15.6 Å². The van der Waals surface area contributed by atoms with Gasteiger partial charge in [-0.15, -0.1) is 0 Å². The highest BCUT2D eigenvalue weighted by molar-refractivity contribution is 5.80. The Bertz CT molecular complexity index is 417. The maximum absolute atomic E-state index is 11.3. The second-order valence-electron chi connectivity index (χ2n) is 3.57. The van der Waals surface area contributed by atoms with Crippen LogP contribution in [0.4, 0.5) is 0 Å². The Balaban J connectivity index is 2.74. The van der Waals surface area contributed by atoms with Gasteiger partial charge >= 0.3 is 5.97 Å². The first-order chi connectivity index (χ1) is 8.08. The number of ether oxygens (including phenoxy) is 1. The van der Waals surface area contributed by atoms with Gasteiger partial charge in [-0.3, -0.25) is 9.59 Å². The molecule has 0 saturated heterocycles. The van der Waals surface area contributed by atoms with E-state index >= 15 is 0 Å². The van der Waals surface area contributed by atoms with E-state index in [2.05, 4.69) is 0 Å². The molecule has 0 saturated carbocycles. The minimum atomic E-state index is -0.765. The number of esters is 1. The molecule has 0 unspecified atom stereocenters. The number of carbonyl (C=O) groups excluding carboxylic acids is 2. The highest BCUT2D eigenvalue weighted by atomic mass is 16.5.